The molecule has 0 aliphatic rings. The summed E-state index contributed by atoms with van der Waals surface area (Å²) in [6.45, 7) is 6.66. The summed E-state index contributed by atoms with van der Waals surface area (Å²) >= 11 is 0. The molecule has 0 bridgehead atoms. The number of carbonyl (C=O) groups is 1. The zero-order chi connectivity index (χ0) is 12.2. The van der Waals surface area contributed by atoms with Crippen molar-refractivity contribution in [3.8, 4) is 0 Å². The number of amides is 1. The Bertz CT molecular complexity index is 171. The van der Waals surface area contributed by atoms with Crippen LogP contribution in [0.3, 0.4) is 0 Å². The van der Waals surface area contributed by atoms with Crippen LogP contribution in [0.4, 0.5) is 0 Å². The molecule has 96 valence electrons. The minimum Gasteiger partial charge on any atom is -0.381 e. The van der Waals surface area contributed by atoms with Gasteiger partial charge >= 0.3 is 0 Å². The van der Waals surface area contributed by atoms with Crippen molar-refractivity contribution in [2.45, 2.75) is 52.4 Å². The molecule has 0 fully saturated rings. The highest BCUT2D eigenvalue weighted by molar-refractivity contribution is 5.75. The summed E-state index contributed by atoms with van der Waals surface area (Å²) in [5.41, 5.74) is 0. The van der Waals surface area contributed by atoms with Crippen LogP contribution >= 0.6 is 0 Å². The molecule has 0 heterocycles. The van der Waals surface area contributed by atoms with Crippen molar-refractivity contribution >= 4 is 5.91 Å². The molecule has 3 heteroatoms. The molecule has 0 aromatic rings. The highest BCUT2D eigenvalue weighted by atomic mass is 16.5. The minimum atomic E-state index is 0.226. The number of hydrogen-bond acceptors (Lipinski definition) is 2. The second-order valence-electron chi connectivity index (χ2n) is 4.20. The van der Waals surface area contributed by atoms with Crippen LogP contribution < -0.4 is 0 Å². The lowest BCUT2D eigenvalue weighted by molar-refractivity contribution is -0.129. The maximum Gasteiger partial charge on any atom is 0.222 e. The Morgan fingerprint density at radius 2 is 1.69 bits per heavy atom. The van der Waals surface area contributed by atoms with Gasteiger partial charge in [-0.2, -0.15) is 0 Å². The van der Waals surface area contributed by atoms with E-state index in [1.165, 1.54) is 19.3 Å². The molecule has 0 aliphatic heterocycles. The molecule has 0 atom stereocenters. The summed E-state index contributed by atoms with van der Waals surface area (Å²) in [7, 11) is 1.87. The lowest BCUT2D eigenvalue weighted by atomic mass is 10.2. The second kappa shape index (κ2) is 10.9. The molecule has 0 spiro atoms. The van der Waals surface area contributed by atoms with Crippen LogP contribution in [0, 0.1) is 0 Å². The third-order valence-electron chi connectivity index (χ3n) is 2.65. The van der Waals surface area contributed by atoms with Gasteiger partial charge in [-0.1, -0.05) is 26.7 Å². The Hall–Kier alpha value is -0.570. The van der Waals surface area contributed by atoms with Gasteiger partial charge < -0.3 is 9.64 Å². The van der Waals surface area contributed by atoms with E-state index < -0.39 is 0 Å². The van der Waals surface area contributed by atoms with Gasteiger partial charge in [-0.15, -0.1) is 0 Å². The van der Waals surface area contributed by atoms with Gasteiger partial charge in [-0.05, 0) is 19.3 Å². The van der Waals surface area contributed by atoms with E-state index in [4.69, 9.17) is 4.74 Å². The third kappa shape index (κ3) is 8.72. The predicted octanol–water partition coefficient (Wildman–Crippen LogP) is 2.84. The van der Waals surface area contributed by atoms with Crippen LogP contribution in [0.2, 0.25) is 0 Å². The first-order chi connectivity index (χ1) is 7.72. The SMILES string of the molecule is CCCCCOCCCCN(C)C(=O)CC. The average Bonchev–Trinajstić information content (AvgIpc) is 2.31. The van der Waals surface area contributed by atoms with Gasteiger partial charge in [0.25, 0.3) is 0 Å². The topological polar surface area (TPSA) is 29.5 Å². The molecule has 0 saturated carbocycles. The predicted molar refractivity (Wildman–Crippen MR) is 67.5 cm³/mol. The number of nitrogens with zero attached hydrogens (tertiary/aromatic N) is 1. The van der Waals surface area contributed by atoms with Crippen molar-refractivity contribution in [3.63, 3.8) is 0 Å². The normalized spacial score (nSPS) is 10.4. The first kappa shape index (κ1) is 15.4. The van der Waals surface area contributed by atoms with Crippen LogP contribution in [-0.4, -0.2) is 37.6 Å². The Balaban J connectivity index is 3.17. The van der Waals surface area contributed by atoms with E-state index in [1.54, 1.807) is 4.90 Å². The van der Waals surface area contributed by atoms with Gasteiger partial charge in [-0.25, -0.2) is 0 Å². The zero-order valence-electron chi connectivity index (χ0n) is 11.1. The molecular formula is C13H27NO2. The Kier molecular flexibility index (Phi) is 10.5. The van der Waals surface area contributed by atoms with Crippen molar-refractivity contribution in [2.75, 3.05) is 26.8 Å². The molecular weight excluding hydrogens is 202 g/mol. The second-order valence-corrected chi connectivity index (χ2v) is 4.20. The maximum absolute atomic E-state index is 11.2. The fourth-order valence-electron chi connectivity index (χ4n) is 1.50. The van der Waals surface area contributed by atoms with Crippen LogP contribution in [0.25, 0.3) is 0 Å². The molecule has 0 N–H and O–H groups in total. The monoisotopic (exact) mass is 229 g/mol. The molecule has 16 heavy (non-hydrogen) atoms. The van der Waals surface area contributed by atoms with Crippen LogP contribution in [0.15, 0.2) is 0 Å². The fourth-order valence-corrected chi connectivity index (χ4v) is 1.50. The number of carbonyl (C=O) groups excluding carboxylic acids is 1. The quantitative estimate of drug-likeness (QED) is 0.539. The summed E-state index contributed by atoms with van der Waals surface area (Å²) in [5.74, 6) is 0.226. The summed E-state index contributed by atoms with van der Waals surface area (Å²) in [4.78, 5) is 13.0. The first-order valence-corrected chi connectivity index (χ1v) is 6.54. The van der Waals surface area contributed by atoms with Crippen molar-refractivity contribution in [3.05, 3.63) is 0 Å². The number of unbranched alkanes of at least 4 members (excludes halogenated alkanes) is 3. The van der Waals surface area contributed by atoms with Gasteiger partial charge in [0.15, 0.2) is 0 Å². The molecule has 3 nitrogen and oxygen atoms in total. The smallest absolute Gasteiger partial charge is 0.222 e. The minimum absolute atomic E-state index is 0.226. The molecule has 0 saturated heterocycles. The summed E-state index contributed by atoms with van der Waals surface area (Å²) in [6, 6.07) is 0. The highest BCUT2D eigenvalue weighted by Crippen LogP contribution is 1.98. The molecule has 0 aromatic carbocycles. The highest BCUT2D eigenvalue weighted by Gasteiger charge is 2.04. The van der Waals surface area contributed by atoms with Crippen molar-refractivity contribution < 1.29 is 9.53 Å². The van der Waals surface area contributed by atoms with Crippen molar-refractivity contribution in [1.82, 2.24) is 4.90 Å². The number of ether oxygens (including phenoxy) is 1. The van der Waals surface area contributed by atoms with Crippen LogP contribution in [0.1, 0.15) is 52.4 Å². The Labute approximate surface area is 100 Å². The van der Waals surface area contributed by atoms with E-state index in [-0.39, 0.29) is 5.91 Å². The lowest BCUT2D eigenvalue weighted by Gasteiger charge is -2.15. The Morgan fingerprint density at radius 3 is 2.25 bits per heavy atom. The van der Waals surface area contributed by atoms with Gasteiger partial charge in [0.05, 0.1) is 0 Å². The van der Waals surface area contributed by atoms with Crippen molar-refractivity contribution in [1.29, 1.82) is 0 Å². The van der Waals surface area contributed by atoms with Crippen molar-refractivity contribution in [2.24, 2.45) is 0 Å². The molecule has 0 rings (SSSR count). The number of rotatable bonds is 10. The maximum atomic E-state index is 11.2. The van der Waals surface area contributed by atoms with Gasteiger partial charge in [0.2, 0.25) is 5.91 Å². The Morgan fingerprint density at radius 1 is 1.06 bits per heavy atom. The molecule has 1 amide bonds. The fraction of sp³-hybridized carbons (Fsp3) is 0.923. The van der Waals surface area contributed by atoms with E-state index in [0.29, 0.717) is 6.42 Å². The van der Waals surface area contributed by atoms with E-state index >= 15 is 0 Å². The molecule has 0 unspecified atom stereocenters. The first-order valence-electron chi connectivity index (χ1n) is 6.54. The molecule has 0 radical (unpaired) electrons. The summed E-state index contributed by atoms with van der Waals surface area (Å²) in [6.07, 6.45) is 6.36. The van der Waals surface area contributed by atoms with Crippen LogP contribution in [-0.2, 0) is 9.53 Å². The lowest BCUT2D eigenvalue weighted by Crippen LogP contribution is -2.26. The summed E-state index contributed by atoms with van der Waals surface area (Å²) < 4.78 is 5.50. The summed E-state index contributed by atoms with van der Waals surface area (Å²) in [5, 5.41) is 0. The van der Waals surface area contributed by atoms with E-state index in [1.807, 2.05) is 14.0 Å². The van der Waals surface area contributed by atoms with E-state index in [2.05, 4.69) is 6.92 Å². The van der Waals surface area contributed by atoms with E-state index in [0.717, 1.165) is 32.6 Å². The van der Waals surface area contributed by atoms with Crippen LogP contribution in [0.5, 0.6) is 0 Å². The van der Waals surface area contributed by atoms with E-state index in [9.17, 15) is 4.79 Å². The zero-order valence-corrected chi connectivity index (χ0v) is 11.1. The standard InChI is InChI=1S/C13H27NO2/c1-4-6-8-11-16-12-9-7-10-14(3)13(15)5-2/h4-12H2,1-3H3. The van der Waals surface area contributed by atoms with Gasteiger partial charge in [0, 0.05) is 33.2 Å². The largest absolute Gasteiger partial charge is 0.381 e. The van der Waals surface area contributed by atoms with Gasteiger partial charge in [0.1, 0.15) is 0 Å². The average molecular weight is 229 g/mol. The van der Waals surface area contributed by atoms with Gasteiger partial charge in [-0.3, -0.25) is 4.79 Å². The number of hydrogen-bond donors (Lipinski definition) is 0. The molecule has 0 aliphatic carbocycles. The third-order valence-corrected chi connectivity index (χ3v) is 2.65. The molecule has 0 aromatic heterocycles.